The van der Waals surface area contributed by atoms with E-state index < -0.39 is 15.8 Å². The number of rotatable bonds is 6. The Morgan fingerprint density at radius 3 is 2.43 bits per heavy atom. The molecule has 1 aliphatic rings. The second-order valence-corrected chi connectivity index (χ2v) is 7.41. The van der Waals surface area contributed by atoms with Gasteiger partial charge in [-0.05, 0) is 25.7 Å². The Hall–Kier alpha value is -0.370. The molecule has 0 radical (unpaired) electrons. The predicted molar refractivity (Wildman–Crippen MR) is 86.9 cm³/mol. The third-order valence-electron chi connectivity index (χ3n) is 3.96. The number of hydrogen-bond acceptors (Lipinski definition) is 4. The van der Waals surface area contributed by atoms with Crippen LogP contribution in [0.5, 0.6) is 0 Å². The SMILES string of the molecule is CCN(CC)S(=O)(=O)CC(=O)N1CCCC(C(C)N)C1.Cl. The highest BCUT2D eigenvalue weighted by Crippen LogP contribution is 2.19. The largest absolute Gasteiger partial charge is 0.341 e. The molecule has 0 aliphatic carbocycles. The Bertz CT molecular complexity index is 424. The molecule has 1 aliphatic heterocycles. The lowest BCUT2D eigenvalue weighted by atomic mass is 9.92. The van der Waals surface area contributed by atoms with E-state index in [9.17, 15) is 13.2 Å². The van der Waals surface area contributed by atoms with Crippen LogP contribution in [-0.2, 0) is 14.8 Å². The van der Waals surface area contributed by atoms with Gasteiger partial charge in [-0.15, -0.1) is 12.4 Å². The van der Waals surface area contributed by atoms with Gasteiger partial charge >= 0.3 is 0 Å². The highest BCUT2D eigenvalue weighted by Gasteiger charge is 2.30. The summed E-state index contributed by atoms with van der Waals surface area (Å²) in [5, 5.41) is 0. The average Bonchev–Trinajstić information content (AvgIpc) is 2.39. The lowest BCUT2D eigenvalue weighted by Crippen LogP contribution is -2.48. The molecule has 1 amide bonds. The zero-order chi connectivity index (χ0) is 15.3. The maximum atomic E-state index is 12.2. The Balaban J connectivity index is 0.00000400. The maximum absolute atomic E-state index is 12.2. The van der Waals surface area contributed by atoms with Gasteiger partial charge in [0.25, 0.3) is 0 Å². The van der Waals surface area contributed by atoms with Gasteiger partial charge in [0.1, 0.15) is 5.75 Å². The number of halogens is 1. The van der Waals surface area contributed by atoms with Gasteiger partial charge in [-0.3, -0.25) is 4.79 Å². The van der Waals surface area contributed by atoms with Crippen LogP contribution in [0.15, 0.2) is 0 Å². The van der Waals surface area contributed by atoms with Crippen molar-refractivity contribution in [2.45, 2.75) is 39.7 Å². The summed E-state index contributed by atoms with van der Waals surface area (Å²) in [6.45, 7) is 7.49. The van der Waals surface area contributed by atoms with Crippen molar-refractivity contribution in [2.75, 3.05) is 31.9 Å². The number of nitrogens with zero attached hydrogens (tertiary/aromatic N) is 2. The molecule has 0 bridgehead atoms. The van der Waals surface area contributed by atoms with Crippen LogP contribution in [0.4, 0.5) is 0 Å². The normalized spacial score (nSPS) is 21.0. The summed E-state index contributed by atoms with van der Waals surface area (Å²) in [4.78, 5) is 13.8. The van der Waals surface area contributed by atoms with Gasteiger partial charge in [-0.2, -0.15) is 0 Å². The molecular weight excluding hydrogens is 314 g/mol. The molecule has 1 saturated heterocycles. The minimum atomic E-state index is -3.50. The van der Waals surface area contributed by atoms with Crippen LogP contribution in [0.25, 0.3) is 0 Å². The number of hydrogen-bond donors (Lipinski definition) is 1. The first kappa shape index (κ1) is 20.6. The van der Waals surface area contributed by atoms with Gasteiger partial charge in [0.2, 0.25) is 15.9 Å². The number of piperidine rings is 1. The second kappa shape index (κ2) is 8.92. The zero-order valence-electron chi connectivity index (χ0n) is 13.1. The average molecular weight is 342 g/mol. The third kappa shape index (κ3) is 5.73. The van der Waals surface area contributed by atoms with E-state index in [2.05, 4.69) is 0 Å². The monoisotopic (exact) mass is 341 g/mol. The first-order valence-corrected chi connectivity index (χ1v) is 8.93. The molecule has 1 rings (SSSR count). The standard InChI is InChI=1S/C13H27N3O3S.ClH/c1-4-16(5-2)20(18,19)10-13(17)15-8-6-7-12(9-15)11(3)14;/h11-12H,4-10,14H2,1-3H3;1H. The molecule has 0 saturated carbocycles. The van der Waals surface area contributed by atoms with Crippen molar-refractivity contribution in [1.29, 1.82) is 0 Å². The molecule has 8 heteroatoms. The molecule has 2 atom stereocenters. The second-order valence-electron chi connectivity index (χ2n) is 5.44. The fourth-order valence-corrected chi connectivity index (χ4v) is 4.09. The van der Waals surface area contributed by atoms with Crippen LogP contribution in [0.3, 0.4) is 0 Å². The number of carbonyl (C=O) groups excluding carboxylic acids is 1. The minimum Gasteiger partial charge on any atom is -0.341 e. The van der Waals surface area contributed by atoms with E-state index in [4.69, 9.17) is 5.73 Å². The van der Waals surface area contributed by atoms with Gasteiger partial charge in [-0.1, -0.05) is 13.8 Å². The van der Waals surface area contributed by atoms with E-state index in [1.165, 1.54) is 4.31 Å². The highest BCUT2D eigenvalue weighted by molar-refractivity contribution is 7.89. The van der Waals surface area contributed by atoms with Crippen molar-refractivity contribution in [2.24, 2.45) is 11.7 Å². The number of carbonyl (C=O) groups is 1. The first-order valence-electron chi connectivity index (χ1n) is 7.33. The topological polar surface area (TPSA) is 83.7 Å². The fraction of sp³-hybridized carbons (Fsp3) is 0.923. The summed E-state index contributed by atoms with van der Waals surface area (Å²) < 4.78 is 25.6. The number of likely N-dealkylation sites (tertiary alicyclic amines) is 1. The van der Waals surface area contributed by atoms with Gasteiger partial charge in [-0.25, -0.2) is 12.7 Å². The Kier molecular flexibility index (Phi) is 8.77. The van der Waals surface area contributed by atoms with Gasteiger partial charge < -0.3 is 10.6 Å². The molecule has 0 aromatic rings. The summed E-state index contributed by atoms with van der Waals surface area (Å²) in [5.41, 5.74) is 5.88. The number of sulfonamides is 1. The van der Waals surface area contributed by atoms with Gasteiger partial charge in [0.15, 0.2) is 0 Å². The number of amides is 1. The smallest absolute Gasteiger partial charge is 0.239 e. The third-order valence-corrected chi connectivity index (χ3v) is 5.87. The van der Waals surface area contributed by atoms with Crippen molar-refractivity contribution in [1.82, 2.24) is 9.21 Å². The zero-order valence-corrected chi connectivity index (χ0v) is 14.8. The molecule has 126 valence electrons. The Labute approximate surface area is 134 Å². The van der Waals surface area contributed by atoms with Crippen LogP contribution in [0.1, 0.15) is 33.6 Å². The quantitative estimate of drug-likeness (QED) is 0.769. The molecule has 1 fully saturated rings. The van der Waals surface area contributed by atoms with E-state index in [0.29, 0.717) is 26.2 Å². The molecule has 6 nitrogen and oxygen atoms in total. The van der Waals surface area contributed by atoms with E-state index in [-0.39, 0.29) is 30.3 Å². The minimum absolute atomic E-state index is 0. The summed E-state index contributed by atoms with van der Waals surface area (Å²) in [6.07, 6.45) is 1.90. The van der Waals surface area contributed by atoms with Crippen LogP contribution < -0.4 is 5.73 Å². The van der Waals surface area contributed by atoms with Crippen LogP contribution in [0, 0.1) is 5.92 Å². The van der Waals surface area contributed by atoms with Crippen LogP contribution >= 0.6 is 12.4 Å². The Morgan fingerprint density at radius 1 is 1.38 bits per heavy atom. The van der Waals surface area contributed by atoms with Crippen molar-refractivity contribution >= 4 is 28.3 Å². The molecule has 21 heavy (non-hydrogen) atoms. The molecular formula is C13H28ClN3O3S. The van der Waals surface area contributed by atoms with Gasteiger partial charge in [0.05, 0.1) is 0 Å². The van der Waals surface area contributed by atoms with Crippen molar-refractivity contribution in [3.05, 3.63) is 0 Å². The number of nitrogens with two attached hydrogens (primary N) is 1. The fourth-order valence-electron chi connectivity index (χ4n) is 2.62. The van der Waals surface area contributed by atoms with Crippen LogP contribution in [-0.4, -0.2) is 61.5 Å². The molecule has 1 heterocycles. The predicted octanol–water partition coefficient (Wildman–Crippen LogP) is 0.666. The maximum Gasteiger partial charge on any atom is 0.239 e. The molecule has 0 spiro atoms. The highest BCUT2D eigenvalue weighted by atomic mass is 35.5. The lowest BCUT2D eigenvalue weighted by molar-refractivity contribution is -0.130. The van der Waals surface area contributed by atoms with E-state index >= 15 is 0 Å². The van der Waals surface area contributed by atoms with E-state index in [1.807, 2.05) is 6.92 Å². The van der Waals surface area contributed by atoms with E-state index in [0.717, 1.165) is 12.8 Å². The summed E-state index contributed by atoms with van der Waals surface area (Å²) in [7, 11) is -3.50. The molecule has 0 aromatic carbocycles. The van der Waals surface area contributed by atoms with E-state index in [1.54, 1.807) is 18.7 Å². The van der Waals surface area contributed by atoms with Crippen LogP contribution in [0.2, 0.25) is 0 Å². The first-order chi connectivity index (χ1) is 9.31. The lowest BCUT2D eigenvalue weighted by Gasteiger charge is -2.35. The summed E-state index contributed by atoms with van der Waals surface area (Å²) >= 11 is 0. The molecule has 2 unspecified atom stereocenters. The summed E-state index contributed by atoms with van der Waals surface area (Å²) in [6, 6.07) is 0.0324. The summed E-state index contributed by atoms with van der Waals surface area (Å²) in [5.74, 6) is -0.466. The van der Waals surface area contributed by atoms with Gasteiger partial charge in [0, 0.05) is 32.2 Å². The van der Waals surface area contributed by atoms with Crippen molar-refractivity contribution in [3.8, 4) is 0 Å². The van der Waals surface area contributed by atoms with Crippen molar-refractivity contribution in [3.63, 3.8) is 0 Å². The van der Waals surface area contributed by atoms with Crippen molar-refractivity contribution < 1.29 is 13.2 Å². The Morgan fingerprint density at radius 2 is 1.95 bits per heavy atom. The molecule has 2 N–H and O–H groups in total. The molecule has 0 aromatic heterocycles.